The maximum absolute atomic E-state index is 12.1. The number of aromatic nitrogens is 2. The predicted molar refractivity (Wildman–Crippen MR) is 99.3 cm³/mol. The van der Waals surface area contributed by atoms with Crippen LogP contribution in [0, 0.1) is 0 Å². The third-order valence-corrected chi connectivity index (χ3v) is 4.24. The van der Waals surface area contributed by atoms with Crippen LogP contribution in [0.4, 0.5) is 5.82 Å². The second-order valence-electron chi connectivity index (χ2n) is 6.06. The Morgan fingerprint density at radius 3 is 2.58 bits per heavy atom. The third-order valence-electron chi connectivity index (χ3n) is 4.24. The molecule has 2 heterocycles. The van der Waals surface area contributed by atoms with Gasteiger partial charge in [-0.1, -0.05) is 12.1 Å². The second kappa shape index (κ2) is 9.26. The molecule has 1 aromatic heterocycles. The van der Waals surface area contributed by atoms with Gasteiger partial charge in [-0.2, -0.15) is 0 Å². The summed E-state index contributed by atoms with van der Waals surface area (Å²) in [7, 11) is 1.65. The summed E-state index contributed by atoms with van der Waals surface area (Å²) in [6.45, 7) is 4.35. The molecule has 2 aromatic rings. The van der Waals surface area contributed by atoms with Gasteiger partial charge >= 0.3 is 0 Å². The van der Waals surface area contributed by atoms with Crippen LogP contribution in [-0.4, -0.2) is 62.7 Å². The normalized spacial score (nSPS) is 14.3. The smallest absolute Gasteiger partial charge is 0.251 e. The monoisotopic (exact) mass is 356 g/mol. The second-order valence-corrected chi connectivity index (χ2v) is 6.06. The lowest BCUT2D eigenvalue weighted by Gasteiger charge is -2.27. The molecule has 0 bridgehead atoms. The molecule has 7 nitrogen and oxygen atoms in total. The van der Waals surface area contributed by atoms with Gasteiger partial charge in [-0.15, -0.1) is 10.2 Å². The minimum atomic E-state index is -0.0820. The fraction of sp³-hybridized carbons (Fsp3) is 0.421. The molecule has 0 aliphatic carbocycles. The van der Waals surface area contributed by atoms with Gasteiger partial charge in [0.15, 0.2) is 5.82 Å². The van der Waals surface area contributed by atoms with Gasteiger partial charge in [-0.25, -0.2) is 0 Å². The Balaban J connectivity index is 1.60. The van der Waals surface area contributed by atoms with E-state index in [1.54, 1.807) is 19.2 Å². The van der Waals surface area contributed by atoms with Crippen molar-refractivity contribution in [2.45, 2.75) is 6.42 Å². The van der Waals surface area contributed by atoms with Gasteiger partial charge in [0, 0.05) is 44.5 Å². The van der Waals surface area contributed by atoms with Crippen molar-refractivity contribution in [3.8, 4) is 11.3 Å². The average Bonchev–Trinajstić information content (AvgIpc) is 2.72. The molecule has 1 N–H and O–H groups in total. The molecule has 26 heavy (non-hydrogen) atoms. The number of hydrogen-bond donors (Lipinski definition) is 1. The summed E-state index contributed by atoms with van der Waals surface area (Å²) in [5.74, 6) is 0.783. The lowest BCUT2D eigenvalue weighted by Crippen LogP contribution is -2.36. The van der Waals surface area contributed by atoms with E-state index in [1.165, 1.54) is 0 Å². The molecule has 1 aliphatic rings. The number of anilines is 1. The molecular formula is C19H24N4O3. The number of morpholine rings is 1. The van der Waals surface area contributed by atoms with Crippen LogP contribution in [0.25, 0.3) is 11.3 Å². The van der Waals surface area contributed by atoms with Crippen LogP contribution >= 0.6 is 0 Å². The highest BCUT2D eigenvalue weighted by Crippen LogP contribution is 2.19. The topological polar surface area (TPSA) is 76.6 Å². The molecular weight excluding hydrogens is 332 g/mol. The number of methoxy groups -OCH3 is 1. The molecule has 0 saturated carbocycles. The van der Waals surface area contributed by atoms with Crippen LogP contribution in [-0.2, 0) is 9.47 Å². The Hall–Kier alpha value is -2.51. The molecule has 1 fully saturated rings. The Morgan fingerprint density at radius 1 is 1.15 bits per heavy atom. The first-order valence-corrected chi connectivity index (χ1v) is 8.82. The van der Waals surface area contributed by atoms with E-state index in [1.807, 2.05) is 24.3 Å². The first-order chi connectivity index (χ1) is 12.8. The summed E-state index contributed by atoms with van der Waals surface area (Å²) in [6.07, 6.45) is 0.797. The average molecular weight is 356 g/mol. The Kier molecular flexibility index (Phi) is 6.51. The number of hydrogen-bond acceptors (Lipinski definition) is 6. The van der Waals surface area contributed by atoms with Gasteiger partial charge in [0.1, 0.15) is 0 Å². The van der Waals surface area contributed by atoms with E-state index in [2.05, 4.69) is 20.4 Å². The number of amides is 1. The first-order valence-electron chi connectivity index (χ1n) is 8.82. The maximum atomic E-state index is 12.1. The summed E-state index contributed by atoms with van der Waals surface area (Å²) in [6, 6.07) is 11.3. The quantitative estimate of drug-likeness (QED) is 0.762. The standard InChI is InChI=1S/C19H24N4O3/c1-25-12-2-9-20-19(24)16-5-3-15(4-6-16)17-7-8-18(22-21-17)23-10-13-26-14-11-23/h3-8H,2,9-14H2,1H3,(H,20,24). The number of nitrogens with zero attached hydrogens (tertiary/aromatic N) is 3. The molecule has 1 aliphatic heterocycles. The fourth-order valence-electron chi connectivity index (χ4n) is 2.75. The zero-order valence-electron chi connectivity index (χ0n) is 15.0. The van der Waals surface area contributed by atoms with Gasteiger partial charge in [-0.3, -0.25) is 4.79 Å². The number of carbonyl (C=O) groups is 1. The molecule has 0 radical (unpaired) electrons. The molecule has 138 valence electrons. The molecule has 0 spiro atoms. The Morgan fingerprint density at radius 2 is 1.92 bits per heavy atom. The van der Waals surface area contributed by atoms with Crippen molar-refractivity contribution in [1.29, 1.82) is 0 Å². The number of rotatable bonds is 7. The highest BCUT2D eigenvalue weighted by molar-refractivity contribution is 5.94. The van der Waals surface area contributed by atoms with Crippen molar-refractivity contribution >= 4 is 11.7 Å². The minimum absolute atomic E-state index is 0.0820. The largest absolute Gasteiger partial charge is 0.385 e. The number of benzene rings is 1. The van der Waals surface area contributed by atoms with Crippen LogP contribution in [0.1, 0.15) is 16.8 Å². The van der Waals surface area contributed by atoms with Crippen molar-refractivity contribution in [1.82, 2.24) is 15.5 Å². The van der Waals surface area contributed by atoms with Gasteiger partial charge < -0.3 is 19.7 Å². The highest BCUT2D eigenvalue weighted by atomic mass is 16.5. The van der Waals surface area contributed by atoms with Gasteiger partial charge in [0.25, 0.3) is 5.91 Å². The molecule has 1 saturated heterocycles. The zero-order chi connectivity index (χ0) is 18.2. The van der Waals surface area contributed by atoms with E-state index in [4.69, 9.17) is 9.47 Å². The summed E-state index contributed by atoms with van der Waals surface area (Å²) in [5, 5.41) is 11.5. The Bertz CT molecular complexity index is 698. The molecule has 1 aromatic carbocycles. The predicted octanol–water partition coefficient (Wildman–Crippen LogP) is 1.75. The van der Waals surface area contributed by atoms with Crippen molar-refractivity contribution in [3.05, 3.63) is 42.0 Å². The molecule has 0 unspecified atom stereocenters. The van der Waals surface area contributed by atoms with E-state index < -0.39 is 0 Å². The molecule has 0 atom stereocenters. The number of ether oxygens (including phenoxy) is 2. The zero-order valence-corrected chi connectivity index (χ0v) is 15.0. The first kappa shape index (κ1) is 18.3. The van der Waals surface area contributed by atoms with Gasteiger partial charge in [0.05, 0.1) is 18.9 Å². The van der Waals surface area contributed by atoms with Crippen molar-refractivity contribution in [2.24, 2.45) is 0 Å². The lowest BCUT2D eigenvalue weighted by molar-refractivity contribution is 0.0948. The summed E-state index contributed by atoms with van der Waals surface area (Å²) in [5.41, 5.74) is 2.35. The third kappa shape index (κ3) is 4.77. The van der Waals surface area contributed by atoms with Gasteiger partial charge in [0.2, 0.25) is 0 Å². The number of nitrogens with one attached hydrogen (secondary N) is 1. The van der Waals surface area contributed by atoms with E-state index in [0.717, 1.165) is 49.8 Å². The van der Waals surface area contributed by atoms with E-state index in [-0.39, 0.29) is 5.91 Å². The summed E-state index contributed by atoms with van der Waals surface area (Å²) < 4.78 is 10.3. The van der Waals surface area contributed by atoms with E-state index in [9.17, 15) is 4.79 Å². The number of carbonyl (C=O) groups excluding carboxylic acids is 1. The van der Waals surface area contributed by atoms with Crippen LogP contribution in [0.3, 0.4) is 0 Å². The van der Waals surface area contributed by atoms with Crippen LogP contribution in [0.15, 0.2) is 36.4 Å². The van der Waals surface area contributed by atoms with Crippen molar-refractivity contribution in [3.63, 3.8) is 0 Å². The van der Waals surface area contributed by atoms with Crippen LogP contribution in [0.5, 0.6) is 0 Å². The summed E-state index contributed by atoms with van der Waals surface area (Å²) >= 11 is 0. The minimum Gasteiger partial charge on any atom is -0.385 e. The molecule has 7 heteroatoms. The SMILES string of the molecule is COCCCNC(=O)c1ccc(-c2ccc(N3CCOCC3)nn2)cc1. The fourth-order valence-corrected chi connectivity index (χ4v) is 2.75. The Labute approximate surface area is 153 Å². The van der Waals surface area contributed by atoms with E-state index >= 15 is 0 Å². The van der Waals surface area contributed by atoms with Crippen LogP contribution < -0.4 is 10.2 Å². The van der Waals surface area contributed by atoms with Gasteiger partial charge in [-0.05, 0) is 30.7 Å². The van der Waals surface area contributed by atoms with Crippen LogP contribution in [0.2, 0.25) is 0 Å². The van der Waals surface area contributed by atoms with E-state index in [0.29, 0.717) is 18.7 Å². The molecule has 3 rings (SSSR count). The lowest BCUT2D eigenvalue weighted by atomic mass is 10.1. The van der Waals surface area contributed by atoms with Crippen molar-refractivity contribution < 1.29 is 14.3 Å². The van der Waals surface area contributed by atoms with Crippen molar-refractivity contribution in [2.75, 3.05) is 51.5 Å². The summed E-state index contributed by atoms with van der Waals surface area (Å²) in [4.78, 5) is 14.2. The maximum Gasteiger partial charge on any atom is 0.251 e. The molecule has 1 amide bonds. The highest BCUT2D eigenvalue weighted by Gasteiger charge is 2.13.